The van der Waals surface area contributed by atoms with E-state index in [1.807, 2.05) is 47.4 Å². The summed E-state index contributed by atoms with van der Waals surface area (Å²) in [4.78, 5) is 16.6. The number of piperazine rings is 1. The van der Waals surface area contributed by atoms with Crippen molar-refractivity contribution in [1.29, 1.82) is 5.26 Å². The van der Waals surface area contributed by atoms with Gasteiger partial charge in [-0.2, -0.15) is 5.26 Å². The van der Waals surface area contributed by atoms with Gasteiger partial charge in [-0.1, -0.05) is 18.2 Å². The van der Waals surface area contributed by atoms with Gasteiger partial charge in [0.2, 0.25) is 5.91 Å². The highest BCUT2D eigenvalue weighted by molar-refractivity contribution is 5.91. The minimum Gasteiger partial charge on any atom is -0.497 e. The van der Waals surface area contributed by atoms with Gasteiger partial charge in [-0.3, -0.25) is 9.69 Å². The Balaban J connectivity index is 1.34. The lowest BCUT2D eigenvalue weighted by Crippen LogP contribution is -2.49. The standard InChI is InChI=1S/C24H25N3O3/c1-29-21-6-4-19(5-7-21)22(17-25)26-11-13-27(14-12-26)24(28)9-3-18-2-8-23-20(16-18)10-15-30-23/h2-9,16,22H,10-15H2,1H3/b9-3+. The van der Waals surface area contributed by atoms with Crippen molar-refractivity contribution in [1.82, 2.24) is 9.80 Å². The van der Waals surface area contributed by atoms with E-state index in [0.717, 1.165) is 35.7 Å². The largest absolute Gasteiger partial charge is 0.497 e. The molecule has 0 N–H and O–H groups in total. The molecule has 1 unspecified atom stereocenters. The molecule has 4 rings (SSSR count). The Bertz CT molecular complexity index is 970. The molecule has 30 heavy (non-hydrogen) atoms. The number of nitrogens with zero attached hydrogens (tertiary/aromatic N) is 3. The Morgan fingerprint density at radius 2 is 1.93 bits per heavy atom. The quantitative estimate of drug-likeness (QED) is 0.718. The second-order valence-corrected chi connectivity index (χ2v) is 7.47. The number of carbonyl (C=O) groups excluding carboxylic acids is 1. The smallest absolute Gasteiger partial charge is 0.246 e. The molecule has 2 aromatic rings. The zero-order valence-electron chi connectivity index (χ0n) is 17.1. The average Bonchev–Trinajstić information content (AvgIpc) is 3.27. The van der Waals surface area contributed by atoms with Gasteiger partial charge < -0.3 is 14.4 Å². The molecule has 2 aliphatic heterocycles. The molecule has 6 nitrogen and oxygen atoms in total. The van der Waals surface area contributed by atoms with Gasteiger partial charge in [0.15, 0.2) is 0 Å². The van der Waals surface area contributed by atoms with E-state index >= 15 is 0 Å². The zero-order valence-corrected chi connectivity index (χ0v) is 17.1. The molecule has 0 aromatic heterocycles. The van der Waals surface area contributed by atoms with E-state index in [1.165, 1.54) is 5.56 Å². The van der Waals surface area contributed by atoms with Crippen molar-refractivity contribution in [2.75, 3.05) is 39.9 Å². The highest BCUT2D eigenvalue weighted by atomic mass is 16.5. The summed E-state index contributed by atoms with van der Waals surface area (Å²) in [5.74, 6) is 1.72. The third-order valence-electron chi connectivity index (χ3n) is 5.68. The minimum absolute atomic E-state index is 0.00403. The van der Waals surface area contributed by atoms with Gasteiger partial charge in [0.1, 0.15) is 17.5 Å². The van der Waals surface area contributed by atoms with E-state index in [2.05, 4.69) is 17.0 Å². The fourth-order valence-electron chi connectivity index (χ4n) is 3.94. The van der Waals surface area contributed by atoms with Crippen LogP contribution in [0.2, 0.25) is 0 Å². The second-order valence-electron chi connectivity index (χ2n) is 7.47. The van der Waals surface area contributed by atoms with E-state index in [-0.39, 0.29) is 11.9 Å². The van der Waals surface area contributed by atoms with Crippen LogP contribution in [0.4, 0.5) is 0 Å². The SMILES string of the molecule is COc1ccc(C(C#N)N2CCN(C(=O)/C=C/c3ccc4c(c3)CCO4)CC2)cc1. The van der Waals surface area contributed by atoms with Crippen LogP contribution in [0.3, 0.4) is 0 Å². The minimum atomic E-state index is -0.322. The molecule has 2 aromatic carbocycles. The molecule has 0 bridgehead atoms. The van der Waals surface area contributed by atoms with Crippen molar-refractivity contribution < 1.29 is 14.3 Å². The molecule has 1 amide bonds. The van der Waals surface area contributed by atoms with Crippen LogP contribution in [0.25, 0.3) is 6.08 Å². The normalized spacial score (nSPS) is 17.3. The molecule has 2 aliphatic rings. The number of nitriles is 1. The number of fused-ring (bicyclic) bond motifs is 1. The van der Waals surface area contributed by atoms with E-state index in [0.29, 0.717) is 26.2 Å². The summed E-state index contributed by atoms with van der Waals surface area (Å²) in [6, 6.07) is 15.7. The Morgan fingerprint density at radius 3 is 2.63 bits per heavy atom. The molecule has 154 valence electrons. The average molecular weight is 403 g/mol. The molecule has 6 heteroatoms. The van der Waals surface area contributed by atoms with Gasteiger partial charge in [-0.25, -0.2) is 0 Å². The van der Waals surface area contributed by atoms with E-state index in [1.54, 1.807) is 13.2 Å². The topological polar surface area (TPSA) is 65.8 Å². The van der Waals surface area contributed by atoms with E-state index in [4.69, 9.17) is 9.47 Å². The molecular weight excluding hydrogens is 378 g/mol. The first-order valence-electron chi connectivity index (χ1n) is 10.2. The lowest BCUT2D eigenvalue weighted by molar-refractivity contribution is -0.127. The summed E-state index contributed by atoms with van der Waals surface area (Å²) in [6.07, 6.45) is 4.42. The summed E-state index contributed by atoms with van der Waals surface area (Å²) in [5, 5.41) is 9.69. The molecule has 0 saturated carbocycles. The van der Waals surface area contributed by atoms with Gasteiger partial charge in [-0.05, 0) is 47.0 Å². The number of benzene rings is 2. The van der Waals surface area contributed by atoms with Crippen LogP contribution >= 0.6 is 0 Å². The van der Waals surface area contributed by atoms with Crippen LogP contribution in [-0.2, 0) is 11.2 Å². The summed E-state index contributed by atoms with van der Waals surface area (Å²) in [6.45, 7) is 3.27. The Kier molecular flexibility index (Phi) is 6.01. The Morgan fingerprint density at radius 1 is 1.17 bits per heavy atom. The third kappa shape index (κ3) is 4.32. The van der Waals surface area contributed by atoms with Gasteiger partial charge in [0.25, 0.3) is 0 Å². The first-order valence-corrected chi connectivity index (χ1v) is 10.2. The lowest BCUT2D eigenvalue weighted by Gasteiger charge is -2.36. The first kappa shape index (κ1) is 20.0. The number of carbonyl (C=O) groups is 1. The summed E-state index contributed by atoms with van der Waals surface area (Å²) in [5.41, 5.74) is 3.15. The zero-order chi connectivity index (χ0) is 20.9. The monoisotopic (exact) mass is 403 g/mol. The predicted molar refractivity (Wildman–Crippen MR) is 114 cm³/mol. The summed E-state index contributed by atoms with van der Waals surface area (Å²) < 4.78 is 10.7. The molecular formula is C24H25N3O3. The van der Waals surface area contributed by atoms with Gasteiger partial charge in [0.05, 0.1) is 19.8 Å². The second kappa shape index (κ2) is 9.02. The van der Waals surface area contributed by atoms with Crippen molar-refractivity contribution in [3.05, 3.63) is 65.2 Å². The number of hydrogen-bond acceptors (Lipinski definition) is 5. The highest BCUT2D eigenvalue weighted by Crippen LogP contribution is 2.26. The van der Waals surface area contributed by atoms with Crippen molar-refractivity contribution in [2.45, 2.75) is 12.5 Å². The maximum Gasteiger partial charge on any atom is 0.246 e. The van der Waals surface area contributed by atoms with Crippen molar-refractivity contribution in [3.8, 4) is 17.6 Å². The van der Waals surface area contributed by atoms with Crippen molar-refractivity contribution in [2.24, 2.45) is 0 Å². The number of rotatable bonds is 5. The third-order valence-corrected chi connectivity index (χ3v) is 5.68. The number of hydrogen-bond donors (Lipinski definition) is 0. The van der Waals surface area contributed by atoms with Crippen molar-refractivity contribution in [3.63, 3.8) is 0 Å². The number of ether oxygens (including phenoxy) is 2. The summed E-state index contributed by atoms with van der Waals surface area (Å²) >= 11 is 0. The fraction of sp³-hybridized carbons (Fsp3) is 0.333. The Hall–Kier alpha value is -3.30. The molecule has 1 atom stereocenters. The maximum atomic E-state index is 12.6. The van der Waals surface area contributed by atoms with Crippen LogP contribution < -0.4 is 9.47 Å². The molecule has 0 aliphatic carbocycles. The number of methoxy groups -OCH3 is 1. The molecule has 2 heterocycles. The van der Waals surface area contributed by atoms with Crippen LogP contribution in [0, 0.1) is 11.3 Å². The molecule has 0 spiro atoms. The molecule has 0 radical (unpaired) electrons. The van der Waals surface area contributed by atoms with E-state index in [9.17, 15) is 10.1 Å². The van der Waals surface area contributed by atoms with E-state index < -0.39 is 0 Å². The fourth-order valence-corrected chi connectivity index (χ4v) is 3.94. The number of amides is 1. The molecule has 1 fully saturated rings. The Labute approximate surface area is 176 Å². The predicted octanol–water partition coefficient (Wildman–Crippen LogP) is 3.05. The van der Waals surface area contributed by atoms with Crippen LogP contribution in [-0.4, -0.2) is 55.6 Å². The highest BCUT2D eigenvalue weighted by Gasteiger charge is 2.26. The molecule has 1 saturated heterocycles. The van der Waals surface area contributed by atoms with Crippen LogP contribution in [0.5, 0.6) is 11.5 Å². The van der Waals surface area contributed by atoms with Crippen LogP contribution in [0.1, 0.15) is 22.7 Å². The maximum absolute atomic E-state index is 12.6. The van der Waals surface area contributed by atoms with Gasteiger partial charge in [0, 0.05) is 38.7 Å². The van der Waals surface area contributed by atoms with Crippen molar-refractivity contribution >= 4 is 12.0 Å². The van der Waals surface area contributed by atoms with Gasteiger partial charge in [-0.15, -0.1) is 0 Å². The lowest BCUT2D eigenvalue weighted by atomic mass is 10.1. The van der Waals surface area contributed by atoms with Gasteiger partial charge >= 0.3 is 0 Å². The summed E-state index contributed by atoms with van der Waals surface area (Å²) in [7, 11) is 1.63. The van der Waals surface area contributed by atoms with Crippen LogP contribution in [0.15, 0.2) is 48.5 Å². The first-order chi connectivity index (χ1) is 14.7.